The van der Waals surface area contributed by atoms with Crippen LogP contribution in [-0.2, 0) is 34.5 Å². The molecule has 6 nitrogen and oxygen atoms in total. The molecule has 4 heterocycles. The van der Waals surface area contributed by atoms with Gasteiger partial charge in [-0.05, 0) is 67.5 Å². The zero-order valence-electron chi connectivity index (χ0n) is 18.3. The van der Waals surface area contributed by atoms with E-state index in [1.807, 2.05) is 32.9 Å². The van der Waals surface area contributed by atoms with Crippen LogP contribution in [0.15, 0.2) is 16.9 Å². The smallest absolute Gasteiger partial charge is 0.316 e. The molecule has 3 aromatic rings. The summed E-state index contributed by atoms with van der Waals surface area (Å²) in [5.41, 5.74) is 13.7. The minimum Gasteiger partial charge on any atom is -0.460 e. The van der Waals surface area contributed by atoms with Crippen molar-refractivity contribution in [3.63, 3.8) is 0 Å². The van der Waals surface area contributed by atoms with E-state index in [-0.39, 0.29) is 24.2 Å². The summed E-state index contributed by atoms with van der Waals surface area (Å²) < 4.78 is 7.16. The molecule has 32 heavy (non-hydrogen) atoms. The molecule has 3 aliphatic rings. The summed E-state index contributed by atoms with van der Waals surface area (Å²) in [6.07, 6.45) is 2.25. The molecule has 0 saturated carbocycles. The van der Waals surface area contributed by atoms with Crippen LogP contribution in [0.5, 0.6) is 0 Å². The maximum Gasteiger partial charge on any atom is 0.316 e. The summed E-state index contributed by atoms with van der Waals surface area (Å²) in [5, 5.41) is 1.79. The quantitative estimate of drug-likeness (QED) is 0.443. The van der Waals surface area contributed by atoms with Crippen molar-refractivity contribution in [3.8, 4) is 11.4 Å². The lowest BCUT2D eigenvalue weighted by molar-refractivity contribution is -0.153. The largest absolute Gasteiger partial charge is 0.460 e. The van der Waals surface area contributed by atoms with E-state index < -0.39 is 5.41 Å². The van der Waals surface area contributed by atoms with E-state index in [0.29, 0.717) is 23.6 Å². The summed E-state index contributed by atoms with van der Waals surface area (Å²) in [6, 6.07) is 3.76. The van der Waals surface area contributed by atoms with Crippen LogP contribution in [-0.4, -0.2) is 15.5 Å². The first-order chi connectivity index (χ1) is 15.3. The normalized spacial score (nSPS) is 23.0. The molecule has 2 aromatic heterocycles. The van der Waals surface area contributed by atoms with E-state index in [1.165, 1.54) is 5.56 Å². The second kappa shape index (κ2) is 6.42. The van der Waals surface area contributed by atoms with Gasteiger partial charge in [0.1, 0.15) is 6.61 Å². The third-order valence-electron chi connectivity index (χ3n) is 7.88. The molecule has 0 fully saturated rings. The van der Waals surface area contributed by atoms with Gasteiger partial charge in [-0.1, -0.05) is 18.5 Å². The lowest BCUT2D eigenvalue weighted by Crippen LogP contribution is -2.42. The number of ether oxygens (including phenoxy) is 1. The average Bonchev–Trinajstić information content (AvgIpc) is 3.14. The van der Waals surface area contributed by atoms with Crippen LogP contribution in [0, 0.1) is 6.92 Å². The number of nitrogens with zero attached hydrogens (tertiary/aromatic N) is 2. The van der Waals surface area contributed by atoms with Gasteiger partial charge in [0.2, 0.25) is 0 Å². The Hall–Kier alpha value is -2.70. The molecule has 2 atom stereocenters. The van der Waals surface area contributed by atoms with Gasteiger partial charge in [0.25, 0.3) is 5.56 Å². The number of halogens is 1. The number of aromatic nitrogens is 2. The molecule has 6 rings (SSSR count). The van der Waals surface area contributed by atoms with E-state index in [4.69, 9.17) is 27.1 Å². The van der Waals surface area contributed by atoms with Crippen LogP contribution in [0.25, 0.3) is 22.3 Å². The van der Waals surface area contributed by atoms with Crippen LogP contribution in [0.2, 0.25) is 5.02 Å². The Balaban J connectivity index is 1.70. The van der Waals surface area contributed by atoms with E-state index in [1.54, 1.807) is 4.57 Å². The number of aryl methyl sites for hydroxylation is 1. The SMILES string of the molecule is CC[C@@]1(C)C(=O)OCc2c1cc1n(c2=O)Cc2c-1nc1cc(Cl)c(C)c3c1c2[C@H](N)CC3. The highest BCUT2D eigenvalue weighted by Gasteiger charge is 2.43. The van der Waals surface area contributed by atoms with Gasteiger partial charge in [-0.15, -0.1) is 0 Å². The van der Waals surface area contributed by atoms with Gasteiger partial charge < -0.3 is 15.0 Å². The van der Waals surface area contributed by atoms with Gasteiger partial charge in [0, 0.05) is 22.0 Å². The first kappa shape index (κ1) is 19.9. The number of hydrogen-bond acceptors (Lipinski definition) is 5. The van der Waals surface area contributed by atoms with Gasteiger partial charge >= 0.3 is 5.97 Å². The molecule has 0 spiro atoms. The molecule has 0 bridgehead atoms. The van der Waals surface area contributed by atoms with Crippen molar-refractivity contribution in [2.24, 2.45) is 5.73 Å². The molecular weight excluding hydrogens is 426 g/mol. The molecular formula is C25H24ClN3O3. The zero-order valence-corrected chi connectivity index (χ0v) is 19.1. The Labute approximate surface area is 190 Å². The molecule has 7 heteroatoms. The van der Waals surface area contributed by atoms with Crippen LogP contribution in [0.1, 0.15) is 66.1 Å². The molecule has 0 saturated heterocycles. The number of cyclic esters (lactones) is 1. The van der Waals surface area contributed by atoms with Gasteiger partial charge in [0.05, 0.1) is 34.4 Å². The highest BCUT2D eigenvalue weighted by Crippen LogP contribution is 2.46. The molecule has 0 radical (unpaired) electrons. The number of esters is 1. The highest BCUT2D eigenvalue weighted by atomic mass is 35.5. The number of pyridine rings is 2. The van der Waals surface area contributed by atoms with Crippen LogP contribution in [0.4, 0.5) is 0 Å². The fourth-order valence-electron chi connectivity index (χ4n) is 5.75. The van der Waals surface area contributed by atoms with Crippen molar-refractivity contribution in [1.29, 1.82) is 0 Å². The first-order valence-electron chi connectivity index (χ1n) is 11.1. The second-order valence-corrected chi connectivity index (χ2v) is 9.84. The predicted molar refractivity (Wildman–Crippen MR) is 123 cm³/mol. The highest BCUT2D eigenvalue weighted by molar-refractivity contribution is 6.32. The Morgan fingerprint density at radius 2 is 2.06 bits per heavy atom. The molecule has 164 valence electrons. The van der Waals surface area contributed by atoms with Gasteiger partial charge in [-0.2, -0.15) is 0 Å². The monoisotopic (exact) mass is 449 g/mol. The Kier molecular flexibility index (Phi) is 4.00. The van der Waals surface area contributed by atoms with Crippen molar-refractivity contribution in [2.75, 3.05) is 0 Å². The fraction of sp³-hybridized carbons (Fsp3) is 0.400. The Morgan fingerprint density at radius 3 is 2.81 bits per heavy atom. The summed E-state index contributed by atoms with van der Waals surface area (Å²) in [4.78, 5) is 31.2. The number of rotatable bonds is 1. The second-order valence-electron chi connectivity index (χ2n) is 9.43. The fourth-order valence-corrected chi connectivity index (χ4v) is 5.97. The van der Waals surface area contributed by atoms with E-state index in [0.717, 1.165) is 57.4 Å². The third kappa shape index (κ3) is 2.32. The number of benzene rings is 1. The topological polar surface area (TPSA) is 87.2 Å². The molecule has 1 aromatic carbocycles. The van der Waals surface area contributed by atoms with Crippen molar-refractivity contribution in [1.82, 2.24) is 9.55 Å². The predicted octanol–water partition coefficient (Wildman–Crippen LogP) is 4.06. The van der Waals surface area contributed by atoms with Gasteiger partial charge in [-0.3, -0.25) is 9.59 Å². The van der Waals surface area contributed by atoms with Gasteiger partial charge in [-0.25, -0.2) is 4.98 Å². The minimum atomic E-state index is -0.847. The van der Waals surface area contributed by atoms with Crippen molar-refractivity contribution in [2.45, 2.75) is 64.6 Å². The lowest BCUT2D eigenvalue weighted by Gasteiger charge is -2.33. The number of hydrogen-bond donors (Lipinski definition) is 1. The number of fused-ring (bicyclic) bond motifs is 5. The molecule has 2 aliphatic heterocycles. The van der Waals surface area contributed by atoms with Crippen molar-refractivity contribution >= 4 is 28.5 Å². The van der Waals surface area contributed by atoms with Crippen molar-refractivity contribution in [3.05, 3.63) is 60.9 Å². The molecule has 2 N–H and O–H groups in total. The third-order valence-corrected chi connectivity index (χ3v) is 8.27. The van der Waals surface area contributed by atoms with Crippen LogP contribution in [0.3, 0.4) is 0 Å². The zero-order chi connectivity index (χ0) is 22.5. The molecule has 1 aliphatic carbocycles. The molecule has 0 unspecified atom stereocenters. The van der Waals surface area contributed by atoms with E-state index in [9.17, 15) is 9.59 Å². The average molecular weight is 450 g/mol. The van der Waals surface area contributed by atoms with Crippen LogP contribution < -0.4 is 11.3 Å². The summed E-state index contributed by atoms with van der Waals surface area (Å²) in [7, 11) is 0. The maximum absolute atomic E-state index is 13.5. The Morgan fingerprint density at radius 1 is 1.28 bits per heavy atom. The van der Waals surface area contributed by atoms with E-state index >= 15 is 0 Å². The van der Waals surface area contributed by atoms with Crippen LogP contribution >= 0.6 is 11.6 Å². The van der Waals surface area contributed by atoms with Crippen molar-refractivity contribution < 1.29 is 9.53 Å². The standard InChI is InChI=1S/C25H24ClN3O3/c1-4-25(3)15-7-19-22-13(9-29(19)23(30)14(15)10-32-24(25)31)20-17(27)6-5-12-11(2)16(26)8-18(28-22)21(12)20/h7-8,17H,4-6,9-10,27H2,1-3H3/t17-,25-/m1/s1. The Bertz CT molecular complexity index is 1440. The summed E-state index contributed by atoms with van der Waals surface area (Å²) in [5.74, 6) is -0.287. The van der Waals surface area contributed by atoms with E-state index in [2.05, 4.69) is 0 Å². The number of carbonyl (C=O) groups excluding carboxylic acids is 1. The van der Waals surface area contributed by atoms with Gasteiger partial charge in [0.15, 0.2) is 0 Å². The minimum absolute atomic E-state index is 0.0138. The maximum atomic E-state index is 13.5. The summed E-state index contributed by atoms with van der Waals surface area (Å²) in [6.45, 7) is 6.28. The first-order valence-corrected chi connectivity index (χ1v) is 11.5. The molecule has 0 amide bonds. The number of nitrogens with two attached hydrogens (primary N) is 1. The number of carbonyl (C=O) groups is 1. The lowest BCUT2D eigenvalue weighted by atomic mass is 9.76. The summed E-state index contributed by atoms with van der Waals surface area (Å²) >= 11 is 6.55.